The second kappa shape index (κ2) is 3.56. The molecular formula is C7H13NO2S. The quantitative estimate of drug-likeness (QED) is 0.571. The first-order valence-corrected chi connectivity index (χ1v) is 4.22. The Hall–Kier alpha value is -0.0600. The Bertz CT molecular complexity index is 155. The number of carbonyl (C=O) groups is 1. The third kappa shape index (κ3) is 2.47. The van der Waals surface area contributed by atoms with Crippen LogP contribution >= 0.6 is 12.6 Å². The standard InChI is InChI=1S/C7H13NO2S/c1-5(11)7(10)4-8-2-6(9)3-8/h5-6,9,11H,2-4H2,1H3. The molecule has 0 aromatic rings. The molecule has 0 aromatic carbocycles. The summed E-state index contributed by atoms with van der Waals surface area (Å²) in [5, 5.41) is 8.71. The second-order valence-corrected chi connectivity index (χ2v) is 3.76. The average molecular weight is 175 g/mol. The number of rotatable bonds is 3. The number of hydrogen-bond donors (Lipinski definition) is 2. The first kappa shape index (κ1) is 9.03. The molecule has 0 radical (unpaired) electrons. The van der Waals surface area contributed by atoms with Crippen LogP contribution in [-0.4, -0.2) is 46.8 Å². The largest absolute Gasteiger partial charge is 0.390 e. The molecule has 1 rings (SSSR count). The van der Waals surface area contributed by atoms with Crippen LogP contribution in [0.4, 0.5) is 0 Å². The molecule has 11 heavy (non-hydrogen) atoms. The topological polar surface area (TPSA) is 40.5 Å². The van der Waals surface area contributed by atoms with Gasteiger partial charge in [-0.25, -0.2) is 0 Å². The Labute approximate surface area is 71.8 Å². The van der Waals surface area contributed by atoms with Crippen molar-refractivity contribution in [2.45, 2.75) is 18.3 Å². The van der Waals surface area contributed by atoms with Crippen molar-refractivity contribution in [1.29, 1.82) is 0 Å². The summed E-state index contributed by atoms with van der Waals surface area (Å²) in [7, 11) is 0. The summed E-state index contributed by atoms with van der Waals surface area (Å²) >= 11 is 4.01. The number of likely N-dealkylation sites (tertiary alicyclic amines) is 1. The molecule has 0 saturated carbocycles. The Morgan fingerprint density at radius 1 is 1.82 bits per heavy atom. The van der Waals surface area contributed by atoms with Gasteiger partial charge in [0.1, 0.15) is 0 Å². The summed E-state index contributed by atoms with van der Waals surface area (Å²) in [5.74, 6) is 0.125. The number of Topliss-reactive ketones (excluding diaryl/α,β-unsaturated/α-hetero) is 1. The molecule has 1 atom stereocenters. The highest BCUT2D eigenvalue weighted by Gasteiger charge is 2.26. The van der Waals surface area contributed by atoms with E-state index in [0.29, 0.717) is 19.6 Å². The Kier molecular flexibility index (Phi) is 2.92. The van der Waals surface area contributed by atoms with Crippen LogP contribution in [0.5, 0.6) is 0 Å². The van der Waals surface area contributed by atoms with Crippen molar-refractivity contribution in [3.8, 4) is 0 Å². The Morgan fingerprint density at radius 2 is 2.36 bits per heavy atom. The number of thiol groups is 1. The van der Waals surface area contributed by atoms with Crippen LogP contribution in [0, 0.1) is 0 Å². The Morgan fingerprint density at radius 3 is 2.73 bits per heavy atom. The minimum atomic E-state index is -0.224. The van der Waals surface area contributed by atoms with Gasteiger partial charge in [-0.2, -0.15) is 12.6 Å². The van der Waals surface area contributed by atoms with Gasteiger partial charge in [0.05, 0.1) is 17.9 Å². The van der Waals surface area contributed by atoms with E-state index in [4.69, 9.17) is 5.11 Å². The van der Waals surface area contributed by atoms with E-state index in [1.165, 1.54) is 0 Å². The van der Waals surface area contributed by atoms with Gasteiger partial charge >= 0.3 is 0 Å². The minimum Gasteiger partial charge on any atom is -0.390 e. The molecule has 0 amide bonds. The highest BCUT2D eigenvalue weighted by Crippen LogP contribution is 2.07. The van der Waals surface area contributed by atoms with Gasteiger partial charge in [-0.1, -0.05) is 0 Å². The number of nitrogens with zero attached hydrogens (tertiary/aromatic N) is 1. The molecular weight excluding hydrogens is 162 g/mol. The van der Waals surface area contributed by atoms with E-state index in [9.17, 15) is 4.79 Å². The number of aliphatic hydroxyl groups is 1. The summed E-state index contributed by atoms with van der Waals surface area (Å²) in [6.07, 6.45) is -0.224. The summed E-state index contributed by atoms with van der Waals surface area (Å²) in [6, 6.07) is 0. The van der Waals surface area contributed by atoms with Gasteiger partial charge in [0.25, 0.3) is 0 Å². The predicted octanol–water partition coefficient (Wildman–Crippen LogP) is -0.450. The molecule has 1 fully saturated rings. The van der Waals surface area contributed by atoms with Gasteiger partial charge in [0, 0.05) is 13.1 Å². The second-order valence-electron chi connectivity index (χ2n) is 2.99. The van der Waals surface area contributed by atoms with Crippen molar-refractivity contribution in [3.05, 3.63) is 0 Å². The fraction of sp³-hybridized carbons (Fsp3) is 0.857. The molecule has 64 valence electrons. The van der Waals surface area contributed by atoms with E-state index in [1.807, 2.05) is 4.90 Å². The van der Waals surface area contributed by atoms with Crippen molar-refractivity contribution in [2.75, 3.05) is 19.6 Å². The summed E-state index contributed by atoms with van der Waals surface area (Å²) in [5.41, 5.74) is 0. The van der Waals surface area contributed by atoms with E-state index in [1.54, 1.807) is 6.92 Å². The molecule has 3 nitrogen and oxygen atoms in total. The van der Waals surface area contributed by atoms with Crippen LogP contribution in [0.1, 0.15) is 6.92 Å². The average Bonchev–Trinajstić information content (AvgIpc) is 1.84. The Balaban J connectivity index is 2.17. The molecule has 1 saturated heterocycles. The van der Waals surface area contributed by atoms with Crippen molar-refractivity contribution in [2.24, 2.45) is 0 Å². The number of hydrogen-bond acceptors (Lipinski definition) is 4. The first-order chi connectivity index (χ1) is 5.09. The monoisotopic (exact) mass is 175 g/mol. The molecule has 1 heterocycles. The molecule has 0 spiro atoms. The van der Waals surface area contributed by atoms with Gasteiger partial charge in [0.15, 0.2) is 5.78 Å². The van der Waals surface area contributed by atoms with Gasteiger partial charge in [-0.05, 0) is 6.92 Å². The smallest absolute Gasteiger partial charge is 0.159 e. The zero-order valence-corrected chi connectivity index (χ0v) is 7.42. The maximum absolute atomic E-state index is 11.1. The predicted molar refractivity (Wildman–Crippen MR) is 45.9 cm³/mol. The lowest BCUT2D eigenvalue weighted by molar-refractivity contribution is -0.122. The van der Waals surface area contributed by atoms with E-state index in [-0.39, 0.29) is 17.1 Å². The summed E-state index contributed by atoms with van der Waals surface area (Å²) < 4.78 is 0. The first-order valence-electron chi connectivity index (χ1n) is 3.71. The summed E-state index contributed by atoms with van der Waals surface area (Å²) in [6.45, 7) is 3.46. The van der Waals surface area contributed by atoms with Crippen LogP contribution in [0.2, 0.25) is 0 Å². The van der Waals surface area contributed by atoms with E-state index in [2.05, 4.69) is 12.6 Å². The highest BCUT2D eigenvalue weighted by molar-refractivity contribution is 7.81. The van der Waals surface area contributed by atoms with Crippen LogP contribution in [0.25, 0.3) is 0 Å². The SMILES string of the molecule is CC(S)C(=O)CN1CC(O)C1. The van der Waals surface area contributed by atoms with Gasteiger partial charge < -0.3 is 5.11 Å². The maximum atomic E-state index is 11.1. The van der Waals surface area contributed by atoms with E-state index in [0.717, 1.165) is 0 Å². The van der Waals surface area contributed by atoms with Crippen LogP contribution in [0.15, 0.2) is 0 Å². The molecule has 1 unspecified atom stereocenters. The van der Waals surface area contributed by atoms with Crippen molar-refractivity contribution in [1.82, 2.24) is 4.90 Å². The molecule has 1 aliphatic rings. The van der Waals surface area contributed by atoms with Crippen LogP contribution < -0.4 is 0 Å². The fourth-order valence-electron chi connectivity index (χ4n) is 1.02. The highest BCUT2D eigenvalue weighted by atomic mass is 32.1. The van der Waals surface area contributed by atoms with Gasteiger partial charge in [-0.15, -0.1) is 0 Å². The molecule has 1 aliphatic heterocycles. The lowest BCUT2D eigenvalue weighted by atomic mass is 10.1. The number of aliphatic hydroxyl groups excluding tert-OH is 1. The van der Waals surface area contributed by atoms with E-state index >= 15 is 0 Å². The third-order valence-electron chi connectivity index (χ3n) is 1.78. The van der Waals surface area contributed by atoms with Crippen LogP contribution in [-0.2, 0) is 4.79 Å². The molecule has 0 aromatic heterocycles. The lowest BCUT2D eigenvalue weighted by Gasteiger charge is -2.35. The third-order valence-corrected chi connectivity index (χ3v) is 2.07. The molecule has 0 bridgehead atoms. The maximum Gasteiger partial charge on any atom is 0.159 e. The summed E-state index contributed by atoms with van der Waals surface area (Å²) in [4.78, 5) is 13.0. The normalized spacial score (nSPS) is 22.8. The number of carbonyl (C=O) groups excluding carboxylic acids is 1. The van der Waals surface area contributed by atoms with Gasteiger partial charge in [-0.3, -0.25) is 9.69 Å². The molecule has 0 aliphatic carbocycles. The fourth-order valence-corrected chi connectivity index (χ4v) is 1.11. The number of β-amino-alcohol motifs (C(OH)–C–C–N with tert-alkyl or cyclic N) is 1. The van der Waals surface area contributed by atoms with E-state index < -0.39 is 0 Å². The zero-order chi connectivity index (χ0) is 8.43. The zero-order valence-electron chi connectivity index (χ0n) is 6.53. The van der Waals surface area contributed by atoms with Crippen LogP contribution in [0.3, 0.4) is 0 Å². The lowest BCUT2D eigenvalue weighted by Crippen LogP contribution is -2.53. The van der Waals surface area contributed by atoms with Crippen molar-refractivity contribution < 1.29 is 9.90 Å². The number of ketones is 1. The molecule has 1 N–H and O–H groups in total. The minimum absolute atomic E-state index is 0.125. The van der Waals surface area contributed by atoms with Gasteiger partial charge in [0.2, 0.25) is 0 Å². The van der Waals surface area contributed by atoms with Crippen molar-refractivity contribution in [3.63, 3.8) is 0 Å². The van der Waals surface area contributed by atoms with Crippen molar-refractivity contribution >= 4 is 18.4 Å². The molecule has 4 heteroatoms.